The minimum Gasteiger partial charge on any atom is -0.342 e. The Balaban J connectivity index is 1.91. The molecule has 0 aliphatic carbocycles. The molecule has 0 saturated carbocycles. The third-order valence-corrected chi connectivity index (χ3v) is 3.93. The van der Waals surface area contributed by atoms with Crippen LogP contribution in [0.15, 0.2) is 18.2 Å². The molecule has 1 saturated heterocycles. The fourth-order valence-electron chi connectivity index (χ4n) is 2.60. The predicted molar refractivity (Wildman–Crippen MR) is 76.7 cm³/mol. The summed E-state index contributed by atoms with van der Waals surface area (Å²) < 4.78 is 0. The van der Waals surface area contributed by atoms with E-state index in [1.165, 1.54) is 12.1 Å². The van der Waals surface area contributed by atoms with Crippen LogP contribution in [-0.2, 0) is 0 Å². The molecular formula is C13H17N5O2. The number of nitro benzene ring substituents is 1. The van der Waals surface area contributed by atoms with E-state index in [1.807, 2.05) is 0 Å². The van der Waals surface area contributed by atoms with Gasteiger partial charge in [-0.3, -0.25) is 10.1 Å². The lowest BCUT2D eigenvalue weighted by atomic mass is 9.95. The summed E-state index contributed by atoms with van der Waals surface area (Å²) in [5, 5.41) is 10.8. The van der Waals surface area contributed by atoms with Gasteiger partial charge in [0.05, 0.1) is 16.0 Å². The molecule has 2 atom stereocenters. The van der Waals surface area contributed by atoms with E-state index in [-0.39, 0.29) is 11.7 Å². The predicted octanol–water partition coefficient (Wildman–Crippen LogP) is 1.64. The number of aromatic nitrogens is 2. The van der Waals surface area contributed by atoms with Crippen LogP contribution in [0.1, 0.15) is 13.3 Å². The van der Waals surface area contributed by atoms with Crippen LogP contribution in [0, 0.1) is 16.0 Å². The Morgan fingerprint density at radius 1 is 1.55 bits per heavy atom. The highest BCUT2D eigenvalue weighted by molar-refractivity contribution is 5.80. The lowest BCUT2D eigenvalue weighted by Crippen LogP contribution is -2.46. The van der Waals surface area contributed by atoms with Crippen molar-refractivity contribution < 1.29 is 4.92 Å². The maximum atomic E-state index is 10.8. The van der Waals surface area contributed by atoms with Crippen molar-refractivity contribution in [1.29, 1.82) is 0 Å². The molecule has 2 aromatic rings. The van der Waals surface area contributed by atoms with Gasteiger partial charge in [-0.25, -0.2) is 4.98 Å². The van der Waals surface area contributed by atoms with Crippen molar-refractivity contribution in [2.24, 2.45) is 11.7 Å². The molecule has 106 valence electrons. The number of non-ortho nitro benzene ring substituents is 1. The first-order valence-electron chi connectivity index (χ1n) is 6.69. The summed E-state index contributed by atoms with van der Waals surface area (Å²) in [6.07, 6.45) is 0.929. The quantitative estimate of drug-likeness (QED) is 0.641. The summed E-state index contributed by atoms with van der Waals surface area (Å²) in [6.45, 7) is 3.83. The Hall–Kier alpha value is -2.15. The fraction of sp³-hybridized carbons (Fsp3) is 0.462. The number of anilines is 1. The molecule has 0 bridgehead atoms. The highest BCUT2D eigenvalue weighted by Crippen LogP contribution is 2.25. The molecule has 3 rings (SSSR count). The van der Waals surface area contributed by atoms with Crippen LogP contribution < -0.4 is 10.6 Å². The number of hydrogen-bond acceptors (Lipinski definition) is 5. The zero-order valence-electron chi connectivity index (χ0n) is 11.2. The Morgan fingerprint density at radius 2 is 2.35 bits per heavy atom. The highest BCUT2D eigenvalue weighted by atomic mass is 16.6. The van der Waals surface area contributed by atoms with Crippen molar-refractivity contribution in [3.8, 4) is 0 Å². The third-order valence-electron chi connectivity index (χ3n) is 3.93. The van der Waals surface area contributed by atoms with Gasteiger partial charge < -0.3 is 15.6 Å². The number of imidazole rings is 1. The summed E-state index contributed by atoms with van der Waals surface area (Å²) in [5.74, 6) is 1.17. The standard InChI is InChI=1S/C13H17N5O2/c1-8-7-17(5-4-10(8)14)13-15-11-3-2-9(18(19)20)6-12(11)16-13/h2-3,6,8,10H,4-5,7,14H2,1H3,(H,15,16). The normalized spacial score (nSPS) is 23.2. The number of hydrogen-bond donors (Lipinski definition) is 2. The lowest BCUT2D eigenvalue weighted by Gasteiger charge is -2.34. The number of aromatic amines is 1. The van der Waals surface area contributed by atoms with Crippen LogP contribution in [0.4, 0.5) is 11.6 Å². The Labute approximate surface area is 115 Å². The van der Waals surface area contributed by atoms with Gasteiger partial charge >= 0.3 is 0 Å². The summed E-state index contributed by atoms with van der Waals surface area (Å²) in [6, 6.07) is 4.90. The summed E-state index contributed by atoms with van der Waals surface area (Å²) >= 11 is 0. The van der Waals surface area contributed by atoms with Crippen molar-refractivity contribution in [2.75, 3.05) is 18.0 Å². The largest absolute Gasteiger partial charge is 0.342 e. The van der Waals surface area contributed by atoms with Gasteiger partial charge in [0.25, 0.3) is 5.69 Å². The summed E-state index contributed by atoms with van der Waals surface area (Å²) in [7, 11) is 0. The fourth-order valence-corrected chi connectivity index (χ4v) is 2.60. The van der Waals surface area contributed by atoms with Crippen molar-refractivity contribution in [3.63, 3.8) is 0 Å². The SMILES string of the molecule is CC1CN(c2nc3ccc([N+](=O)[O-])cc3[nH]2)CCC1N. The number of nitrogens with one attached hydrogen (secondary N) is 1. The first-order valence-corrected chi connectivity index (χ1v) is 6.69. The zero-order valence-corrected chi connectivity index (χ0v) is 11.2. The van der Waals surface area contributed by atoms with Gasteiger partial charge in [0, 0.05) is 31.3 Å². The molecule has 0 amide bonds. The highest BCUT2D eigenvalue weighted by Gasteiger charge is 2.25. The second-order valence-corrected chi connectivity index (χ2v) is 5.39. The van der Waals surface area contributed by atoms with Crippen LogP contribution in [0.3, 0.4) is 0 Å². The molecule has 1 aromatic heterocycles. The molecule has 3 N–H and O–H groups in total. The van der Waals surface area contributed by atoms with Gasteiger partial charge in [0.15, 0.2) is 0 Å². The number of benzene rings is 1. The smallest absolute Gasteiger partial charge is 0.271 e. The third kappa shape index (κ3) is 2.20. The number of fused-ring (bicyclic) bond motifs is 1. The van der Waals surface area contributed by atoms with Gasteiger partial charge in [-0.1, -0.05) is 6.92 Å². The minimum absolute atomic E-state index is 0.0711. The molecule has 1 aromatic carbocycles. The molecule has 0 spiro atoms. The van der Waals surface area contributed by atoms with Gasteiger partial charge in [0.2, 0.25) is 5.95 Å². The van der Waals surface area contributed by atoms with Crippen molar-refractivity contribution >= 4 is 22.7 Å². The topological polar surface area (TPSA) is 101 Å². The van der Waals surface area contributed by atoms with Gasteiger partial charge in [-0.2, -0.15) is 0 Å². The van der Waals surface area contributed by atoms with E-state index in [0.717, 1.165) is 31.0 Å². The van der Waals surface area contributed by atoms with Crippen molar-refractivity contribution in [2.45, 2.75) is 19.4 Å². The Kier molecular flexibility index (Phi) is 3.06. The molecule has 20 heavy (non-hydrogen) atoms. The van der Waals surface area contributed by atoms with E-state index >= 15 is 0 Å². The second kappa shape index (κ2) is 4.75. The number of nitro groups is 1. The number of H-pyrrole nitrogens is 1. The molecular weight excluding hydrogens is 258 g/mol. The zero-order chi connectivity index (χ0) is 14.3. The first-order chi connectivity index (χ1) is 9.54. The number of nitrogens with two attached hydrogens (primary N) is 1. The molecule has 7 heteroatoms. The summed E-state index contributed by atoms with van der Waals surface area (Å²) in [5.41, 5.74) is 7.52. The molecule has 1 aliphatic rings. The maximum Gasteiger partial charge on any atom is 0.271 e. The molecule has 1 fully saturated rings. The van der Waals surface area contributed by atoms with Crippen LogP contribution >= 0.6 is 0 Å². The van der Waals surface area contributed by atoms with E-state index in [0.29, 0.717) is 11.4 Å². The van der Waals surface area contributed by atoms with E-state index in [1.54, 1.807) is 6.07 Å². The summed E-state index contributed by atoms with van der Waals surface area (Å²) in [4.78, 5) is 20.2. The van der Waals surface area contributed by atoms with Gasteiger partial charge in [0.1, 0.15) is 0 Å². The van der Waals surface area contributed by atoms with Crippen LogP contribution in [-0.4, -0.2) is 34.0 Å². The average Bonchev–Trinajstić information content (AvgIpc) is 2.84. The monoisotopic (exact) mass is 275 g/mol. The second-order valence-electron chi connectivity index (χ2n) is 5.39. The van der Waals surface area contributed by atoms with Crippen LogP contribution in [0.25, 0.3) is 11.0 Å². The van der Waals surface area contributed by atoms with E-state index in [4.69, 9.17) is 5.73 Å². The molecule has 7 nitrogen and oxygen atoms in total. The average molecular weight is 275 g/mol. The van der Waals surface area contributed by atoms with Gasteiger partial charge in [-0.15, -0.1) is 0 Å². The van der Waals surface area contributed by atoms with Crippen LogP contribution in [0.2, 0.25) is 0 Å². The maximum absolute atomic E-state index is 10.8. The van der Waals surface area contributed by atoms with E-state index in [2.05, 4.69) is 21.8 Å². The Morgan fingerprint density at radius 3 is 3.05 bits per heavy atom. The first kappa shape index (κ1) is 12.9. The molecule has 0 radical (unpaired) electrons. The number of rotatable bonds is 2. The van der Waals surface area contributed by atoms with Gasteiger partial charge in [-0.05, 0) is 18.4 Å². The van der Waals surface area contributed by atoms with E-state index < -0.39 is 4.92 Å². The molecule has 1 aliphatic heterocycles. The number of piperidine rings is 1. The van der Waals surface area contributed by atoms with E-state index in [9.17, 15) is 10.1 Å². The number of nitrogens with zero attached hydrogens (tertiary/aromatic N) is 3. The lowest BCUT2D eigenvalue weighted by molar-refractivity contribution is -0.384. The Bertz CT molecular complexity index is 653. The van der Waals surface area contributed by atoms with Crippen LogP contribution in [0.5, 0.6) is 0 Å². The molecule has 2 unspecified atom stereocenters. The molecule has 2 heterocycles. The van der Waals surface area contributed by atoms with Crippen molar-refractivity contribution in [1.82, 2.24) is 9.97 Å². The minimum atomic E-state index is -0.401. The van der Waals surface area contributed by atoms with Crippen molar-refractivity contribution in [3.05, 3.63) is 28.3 Å².